The first kappa shape index (κ1) is 21.6. The maximum Gasteiger partial charge on any atom is 0.227 e. The fourth-order valence-electron chi connectivity index (χ4n) is 3.59. The second-order valence-electron chi connectivity index (χ2n) is 7.44. The molecular formula is C21H32N2O3S. The Kier molecular flexibility index (Phi) is 8.51. The van der Waals surface area contributed by atoms with E-state index in [9.17, 15) is 13.2 Å². The van der Waals surface area contributed by atoms with Crippen molar-refractivity contribution in [1.29, 1.82) is 0 Å². The van der Waals surface area contributed by atoms with E-state index < -0.39 is 10.0 Å². The van der Waals surface area contributed by atoms with E-state index in [1.807, 2.05) is 0 Å². The number of nitrogens with one attached hydrogen (secondary N) is 2. The Balaban J connectivity index is 1.82. The fraction of sp³-hybridized carbons (Fsp3) is 0.571. The number of hydrogen-bond donors (Lipinski definition) is 2. The third-order valence-electron chi connectivity index (χ3n) is 5.21. The van der Waals surface area contributed by atoms with Crippen LogP contribution in [0.2, 0.25) is 0 Å². The van der Waals surface area contributed by atoms with E-state index in [1.165, 1.54) is 25.3 Å². The normalized spacial score (nSPS) is 20.2. The third kappa shape index (κ3) is 7.46. The maximum absolute atomic E-state index is 12.5. The van der Waals surface area contributed by atoms with Crippen LogP contribution in [0.25, 0.3) is 0 Å². The van der Waals surface area contributed by atoms with E-state index in [0.29, 0.717) is 11.3 Å². The molecule has 0 aromatic heterocycles. The van der Waals surface area contributed by atoms with Crippen LogP contribution in [0.15, 0.2) is 36.9 Å². The number of benzene rings is 1. The summed E-state index contributed by atoms with van der Waals surface area (Å²) in [7, 11) is -3.37. The van der Waals surface area contributed by atoms with Gasteiger partial charge in [-0.2, -0.15) is 0 Å². The van der Waals surface area contributed by atoms with Crippen molar-refractivity contribution in [1.82, 2.24) is 4.72 Å². The Labute approximate surface area is 163 Å². The number of sulfonamides is 1. The van der Waals surface area contributed by atoms with E-state index in [4.69, 9.17) is 0 Å². The van der Waals surface area contributed by atoms with Gasteiger partial charge in [0, 0.05) is 18.2 Å². The molecule has 1 aromatic rings. The molecule has 1 fully saturated rings. The largest absolute Gasteiger partial charge is 0.326 e. The number of unbranched alkanes of at least 4 members (excludes halogenated alkanes) is 1. The van der Waals surface area contributed by atoms with Crippen LogP contribution in [0.1, 0.15) is 57.4 Å². The van der Waals surface area contributed by atoms with Crippen molar-refractivity contribution in [2.24, 2.45) is 11.8 Å². The number of hydrogen-bond acceptors (Lipinski definition) is 3. The summed E-state index contributed by atoms with van der Waals surface area (Å²) in [5.41, 5.74) is 1.40. The number of carbonyl (C=O) groups is 1. The Hall–Kier alpha value is -1.66. The van der Waals surface area contributed by atoms with Crippen LogP contribution < -0.4 is 10.0 Å². The number of amides is 1. The summed E-state index contributed by atoms with van der Waals surface area (Å²) in [4.78, 5) is 12.5. The molecule has 2 N–H and O–H groups in total. The summed E-state index contributed by atoms with van der Waals surface area (Å²) >= 11 is 0. The van der Waals surface area contributed by atoms with Crippen LogP contribution in [-0.2, 0) is 20.6 Å². The summed E-state index contributed by atoms with van der Waals surface area (Å²) in [6.45, 7) is 5.94. The van der Waals surface area contributed by atoms with Crippen molar-refractivity contribution in [2.45, 2.75) is 57.6 Å². The first-order chi connectivity index (χ1) is 12.9. The molecule has 1 amide bonds. The predicted octanol–water partition coefficient (Wildman–Crippen LogP) is 4.23. The van der Waals surface area contributed by atoms with Crippen molar-refractivity contribution in [3.05, 3.63) is 42.5 Å². The monoisotopic (exact) mass is 392 g/mol. The van der Waals surface area contributed by atoms with E-state index in [-0.39, 0.29) is 24.1 Å². The van der Waals surface area contributed by atoms with Gasteiger partial charge >= 0.3 is 0 Å². The lowest BCUT2D eigenvalue weighted by Crippen LogP contribution is -2.27. The van der Waals surface area contributed by atoms with Gasteiger partial charge in [-0.1, -0.05) is 44.4 Å². The predicted molar refractivity (Wildman–Crippen MR) is 111 cm³/mol. The van der Waals surface area contributed by atoms with Crippen LogP contribution in [0, 0.1) is 11.8 Å². The van der Waals surface area contributed by atoms with Crippen LogP contribution >= 0.6 is 0 Å². The Morgan fingerprint density at radius 3 is 2.44 bits per heavy atom. The Bertz CT molecular complexity index is 705. The molecular weight excluding hydrogens is 360 g/mol. The quantitative estimate of drug-likeness (QED) is 0.585. The number of rotatable bonds is 10. The van der Waals surface area contributed by atoms with Crippen LogP contribution in [0.3, 0.4) is 0 Å². The minimum Gasteiger partial charge on any atom is -0.326 e. The topological polar surface area (TPSA) is 75.3 Å². The van der Waals surface area contributed by atoms with Gasteiger partial charge in [0.1, 0.15) is 0 Å². The highest BCUT2D eigenvalue weighted by molar-refractivity contribution is 7.88. The molecule has 2 rings (SSSR count). The molecule has 150 valence electrons. The molecule has 0 atom stereocenters. The standard InChI is InChI=1S/C21H32N2O3S/c1-3-5-6-17-7-11-19(12-8-17)21(24)23-20-13-9-18(10-14-20)16-27(25,26)22-15-4-2/h4,9-10,13-14,17,19,22H,2-3,5-8,11-12,15-16H2,1H3,(H,23,24). The van der Waals surface area contributed by atoms with Crippen LogP contribution in [0.4, 0.5) is 5.69 Å². The van der Waals surface area contributed by atoms with Gasteiger partial charge in [-0.25, -0.2) is 13.1 Å². The highest BCUT2D eigenvalue weighted by Crippen LogP contribution is 2.32. The summed E-state index contributed by atoms with van der Waals surface area (Å²) in [5, 5.41) is 2.98. The van der Waals surface area contributed by atoms with Gasteiger partial charge in [-0.3, -0.25) is 4.79 Å². The zero-order valence-corrected chi connectivity index (χ0v) is 17.1. The molecule has 0 radical (unpaired) electrons. The van der Waals surface area contributed by atoms with Gasteiger partial charge in [0.25, 0.3) is 0 Å². The average Bonchev–Trinajstić information content (AvgIpc) is 2.66. The molecule has 5 nitrogen and oxygen atoms in total. The fourth-order valence-corrected chi connectivity index (χ4v) is 4.70. The number of anilines is 1. The molecule has 0 heterocycles. The lowest BCUT2D eigenvalue weighted by molar-refractivity contribution is -0.121. The molecule has 1 aliphatic rings. The molecule has 27 heavy (non-hydrogen) atoms. The van der Waals surface area contributed by atoms with Gasteiger partial charge in [0.05, 0.1) is 5.75 Å². The molecule has 0 bridgehead atoms. The zero-order chi connectivity index (χ0) is 19.7. The molecule has 1 saturated carbocycles. The lowest BCUT2D eigenvalue weighted by atomic mass is 9.79. The summed E-state index contributed by atoms with van der Waals surface area (Å²) in [5.74, 6) is 0.865. The van der Waals surface area contributed by atoms with Crippen molar-refractivity contribution < 1.29 is 13.2 Å². The maximum atomic E-state index is 12.5. The molecule has 0 spiro atoms. The van der Waals surface area contributed by atoms with Gasteiger partial charge in [-0.15, -0.1) is 6.58 Å². The molecule has 0 saturated heterocycles. The third-order valence-corrected chi connectivity index (χ3v) is 6.53. The SMILES string of the molecule is C=CCNS(=O)(=O)Cc1ccc(NC(=O)C2CCC(CCCC)CC2)cc1. The zero-order valence-electron chi connectivity index (χ0n) is 16.2. The van der Waals surface area contributed by atoms with Crippen molar-refractivity contribution >= 4 is 21.6 Å². The first-order valence-corrected chi connectivity index (χ1v) is 11.6. The summed E-state index contributed by atoms with van der Waals surface area (Å²) in [6, 6.07) is 7.01. The summed E-state index contributed by atoms with van der Waals surface area (Å²) in [6.07, 6.45) is 9.54. The molecule has 0 aliphatic heterocycles. The Morgan fingerprint density at radius 2 is 1.85 bits per heavy atom. The molecule has 1 aliphatic carbocycles. The second kappa shape index (κ2) is 10.6. The van der Waals surface area contributed by atoms with Gasteiger partial charge in [-0.05, 0) is 49.3 Å². The van der Waals surface area contributed by atoms with Crippen molar-refractivity contribution in [2.75, 3.05) is 11.9 Å². The van der Waals surface area contributed by atoms with Crippen LogP contribution in [-0.4, -0.2) is 20.9 Å². The Morgan fingerprint density at radius 1 is 1.19 bits per heavy atom. The highest BCUT2D eigenvalue weighted by atomic mass is 32.2. The molecule has 1 aromatic carbocycles. The average molecular weight is 393 g/mol. The van der Waals surface area contributed by atoms with Gasteiger partial charge in [0.15, 0.2) is 0 Å². The van der Waals surface area contributed by atoms with Crippen molar-refractivity contribution in [3.8, 4) is 0 Å². The minimum absolute atomic E-state index is 0.0805. The van der Waals surface area contributed by atoms with Crippen LogP contribution in [0.5, 0.6) is 0 Å². The smallest absolute Gasteiger partial charge is 0.227 e. The second-order valence-corrected chi connectivity index (χ2v) is 9.25. The van der Waals surface area contributed by atoms with E-state index >= 15 is 0 Å². The number of carbonyl (C=O) groups excluding carboxylic acids is 1. The first-order valence-electron chi connectivity index (χ1n) is 9.91. The van der Waals surface area contributed by atoms with E-state index in [2.05, 4.69) is 23.5 Å². The minimum atomic E-state index is -3.37. The van der Waals surface area contributed by atoms with E-state index in [0.717, 1.165) is 31.6 Å². The van der Waals surface area contributed by atoms with E-state index in [1.54, 1.807) is 24.3 Å². The van der Waals surface area contributed by atoms with Gasteiger partial charge < -0.3 is 5.32 Å². The van der Waals surface area contributed by atoms with Gasteiger partial charge in [0.2, 0.25) is 15.9 Å². The van der Waals surface area contributed by atoms with Crippen molar-refractivity contribution in [3.63, 3.8) is 0 Å². The molecule has 0 unspecified atom stereocenters. The lowest BCUT2D eigenvalue weighted by Gasteiger charge is -2.27. The highest BCUT2D eigenvalue weighted by Gasteiger charge is 2.26. The summed E-state index contributed by atoms with van der Waals surface area (Å²) < 4.78 is 26.2. The molecule has 6 heteroatoms.